The van der Waals surface area contributed by atoms with Crippen LogP contribution in [-0.2, 0) is 0 Å². The maximum Gasteiger partial charge on any atom is 0.276 e. The van der Waals surface area contributed by atoms with Crippen molar-refractivity contribution in [2.75, 3.05) is 0 Å². The smallest absolute Gasteiger partial charge is 0.268 e. The Labute approximate surface area is 88.9 Å². The van der Waals surface area contributed by atoms with E-state index in [0.29, 0.717) is 5.03 Å². The zero-order chi connectivity index (χ0) is 10.7. The highest BCUT2D eigenvalue weighted by Gasteiger charge is 1.99. The van der Waals surface area contributed by atoms with E-state index in [4.69, 9.17) is 0 Å². The molecule has 2 aromatic heterocycles. The van der Waals surface area contributed by atoms with Crippen molar-refractivity contribution in [1.29, 1.82) is 0 Å². The van der Waals surface area contributed by atoms with Crippen LogP contribution < -0.4 is 11.1 Å². The van der Waals surface area contributed by atoms with Crippen LogP contribution in [0.15, 0.2) is 51.1 Å². The molecule has 1 N–H and O–H groups in total. The van der Waals surface area contributed by atoms with Crippen molar-refractivity contribution in [2.45, 2.75) is 5.03 Å². The quantitative estimate of drug-likeness (QED) is 0.801. The topological polar surface area (TPSA) is 67.8 Å². The van der Waals surface area contributed by atoms with Gasteiger partial charge in [0, 0.05) is 30.3 Å². The lowest BCUT2D eigenvalue weighted by molar-refractivity contribution is 0.881. The Kier molecular flexibility index (Phi) is 2.68. The summed E-state index contributed by atoms with van der Waals surface area (Å²) in [5, 5.41) is 3.04. The first kappa shape index (κ1) is 9.72. The molecule has 0 aliphatic carbocycles. The summed E-state index contributed by atoms with van der Waals surface area (Å²) in [6.45, 7) is 0. The van der Waals surface area contributed by atoms with Gasteiger partial charge in [0.15, 0.2) is 0 Å². The van der Waals surface area contributed by atoms with E-state index in [-0.39, 0.29) is 11.1 Å². The number of pyridine rings is 1. The molecule has 0 spiro atoms. The van der Waals surface area contributed by atoms with Crippen molar-refractivity contribution in [2.24, 2.45) is 0 Å². The summed E-state index contributed by atoms with van der Waals surface area (Å²) >= 11 is 1.07. The average Bonchev–Trinajstić information content (AvgIpc) is 2.25. The van der Waals surface area contributed by atoms with Crippen LogP contribution in [0.25, 0.3) is 0 Å². The second-order valence-electron chi connectivity index (χ2n) is 2.70. The van der Waals surface area contributed by atoms with Crippen LogP contribution in [0.1, 0.15) is 0 Å². The molecule has 2 aromatic rings. The molecule has 0 aliphatic heterocycles. The summed E-state index contributed by atoms with van der Waals surface area (Å²) in [7, 11) is 0. The van der Waals surface area contributed by atoms with Gasteiger partial charge in [-0.3, -0.25) is 14.7 Å². The minimum Gasteiger partial charge on any atom is -0.268 e. The van der Waals surface area contributed by atoms with Crippen LogP contribution >= 0.6 is 11.9 Å². The molecule has 2 heterocycles. The Morgan fingerprint density at radius 2 is 2.07 bits per heavy atom. The number of hydrogen-bond donors (Lipinski definition) is 1. The molecule has 0 radical (unpaired) electrons. The third kappa shape index (κ3) is 2.35. The van der Waals surface area contributed by atoms with E-state index in [1.165, 1.54) is 12.1 Å². The summed E-state index contributed by atoms with van der Waals surface area (Å²) in [5.74, 6) is 0. The lowest BCUT2D eigenvalue weighted by Gasteiger charge is -2.01. The van der Waals surface area contributed by atoms with Crippen LogP contribution in [-0.4, -0.2) is 14.2 Å². The van der Waals surface area contributed by atoms with Crippen LogP contribution in [0.3, 0.4) is 0 Å². The minimum absolute atomic E-state index is 0.287. The first-order valence-electron chi connectivity index (χ1n) is 4.17. The van der Waals surface area contributed by atoms with Crippen molar-refractivity contribution < 1.29 is 0 Å². The van der Waals surface area contributed by atoms with Crippen molar-refractivity contribution in [3.63, 3.8) is 0 Å². The maximum atomic E-state index is 11.3. The minimum atomic E-state index is -0.321. The highest BCUT2D eigenvalue weighted by molar-refractivity contribution is 7.97. The van der Waals surface area contributed by atoms with Crippen LogP contribution in [0.4, 0.5) is 0 Å². The fourth-order valence-electron chi connectivity index (χ4n) is 0.970. The van der Waals surface area contributed by atoms with Gasteiger partial charge in [-0.25, -0.2) is 4.98 Å². The van der Waals surface area contributed by atoms with Gasteiger partial charge in [-0.05, 0) is 12.1 Å². The Morgan fingerprint density at radius 3 is 2.80 bits per heavy atom. The number of H-pyrrole nitrogens is 1. The Bertz CT molecular complexity index is 561. The molecule has 76 valence electrons. The average molecular weight is 221 g/mol. The van der Waals surface area contributed by atoms with Crippen molar-refractivity contribution >= 4 is 11.9 Å². The fraction of sp³-hybridized carbons (Fsp3) is 0. The van der Waals surface area contributed by atoms with Gasteiger partial charge >= 0.3 is 0 Å². The van der Waals surface area contributed by atoms with E-state index >= 15 is 0 Å². The normalized spacial score (nSPS) is 10.1. The Hall–Kier alpha value is -1.82. The maximum absolute atomic E-state index is 11.3. The second-order valence-corrected chi connectivity index (χ2v) is 3.67. The highest BCUT2D eigenvalue weighted by atomic mass is 32.2. The molecule has 6 heteroatoms. The van der Waals surface area contributed by atoms with Crippen molar-refractivity contribution in [3.8, 4) is 0 Å². The van der Waals surface area contributed by atoms with E-state index in [9.17, 15) is 9.59 Å². The Balaban J connectivity index is 2.36. The molecule has 0 amide bonds. The number of nitrogens with one attached hydrogen (secondary N) is 1. The summed E-state index contributed by atoms with van der Waals surface area (Å²) in [5.41, 5.74) is -0.608. The molecule has 2 rings (SSSR count). The highest BCUT2D eigenvalue weighted by Crippen LogP contribution is 2.11. The first-order valence-corrected chi connectivity index (χ1v) is 4.95. The van der Waals surface area contributed by atoms with Gasteiger partial charge in [0.25, 0.3) is 11.1 Å². The van der Waals surface area contributed by atoms with E-state index in [1.807, 2.05) is 0 Å². The lowest BCUT2D eigenvalue weighted by atomic mass is 10.5. The lowest BCUT2D eigenvalue weighted by Crippen LogP contribution is -2.23. The predicted molar refractivity (Wildman–Crippen MR) is 56.8 cm³/mol. The predicted octanol–water partition coefficient (Wildman–Crippen LogP) is 0.487. The molecular weight excluding hydrogens is 214 g/mol. The largest absolute Gasteiger partial charge is 0.276 e. The number of aromatic nitrogens is 3. The molecule has 0 fully saturated rings. The van der Waals surface area contributed by atoms with Gasteiger partial charge in [0.1, 0.15) is 5.03 Å². The van der Waals surface area contributed by atoms with Gasteiger partial charge in [-0.2, -0.15) is 4.09 Å². The van der Waals surface area contributed by atoms with E-state index in [0.717, 1.165) is 16.0 Å². The van der Waals surface area contributed by atoms with Gasteiger partial charge in [-0.1, -0.05) is 6.07 Å². The van der Waals surface area contributed by atoms with Crippen LogP contribution in [0.5, 0.6) is 0 Å². The van der Waals surface area contributed by atoms with Gasteiger partial charge in [0.05, 0.1) is 0 Å². The SMILES string of the molecule is O=c1ccc(=O)n(Sc2ccccn2)[nH]1. The van der Waals surface area contributed by atoms with Crippen LogP contribution in [0.2, 0.25) is 0 Å². The zero-order valence-corrected chi connectivity index (χ0v) is 8.40. The van der Waals surface area contributed by atoms with Crippen molar-refractivity contribution in [1.82, 2.24) is 14.2 Å². The third-order valence-corrected chi connectivity index (χ3v) is 2.49. The summed E-state index contributed by atoms with van der Waals surface area (Å²) < 4.78 is 1.14. The monoisotopic (exact) mass is 221 g/mol. The molecule has 0 bridgehead atoms. The van der Waals surface area contributed by atoms with Crippen molar-refractivity contribution in [3.05, 3.63) is 57.2 Å². The number of hydrogen-bond acceptors (Lipinski definition) is 4. The standard InChI is InChI=1S/C9H7N3O2S/c13-7-4-5-9(14)12(11-7)15-8-3-1-2-6-10-8/h1-6H,(H,11,13). The van der Waals surface area contributed by atoms with E-state index in [1.54, 1.807) is 24.4 Å². The van der Waals surface area contributed by atoms with Crippen LogP contribution in [0, 0.1) is 0 Å². The molecule has 5 nitrogen and oxygen atoms in total. The molecule has 0 aromatic carbocycles. The summed E-state index contributed by atoms with van der Waals surface area (Å²) in [6.07, 6.45) is 1.62. The molecule has 0 saturated heterocycles. The number of rotatable bonds is 2. The number of nitrogens with zero attached hydrogens (tertiary/aromatic N) is 2. The summed E-state index contributed by atoms with van der Waals surface area (Å²) in [4.78, 5) is 26.3. The Morgan fingerprint density at radius 1 is 1.20 bits per heavy atom. The van der Waals surface area contributed by atoms with Gasteiger partial charge in [-0.15, -0.1) is 0 Å². The zero-order valence-electron chi connectivity index (χ0n) is 7.58. The first-order chi connectivity index (χ1) is 7.25. The third-order valence-electron chi connectivity index (χ3n) is 1.61. The molecule has 0 aliphatic rings. The number of aromatic amines is 1. The molecule has 0 unspecified atom stereocenters. The van der Waals surface area contributed by atoms with E-state index < -0.39 is 0 Å². The molecule has 15 heavy (non-hydrogen) atoms. The fourth-order valence-corrected chi connectivity index (χ4v) is 1.69. The van der Waals surface area contributed by atoms with E-state index in [2.05, 4.69) is 10.1 Å². The van der Waals surface area contributed by atoms with Gasteiger partial charge < -0.3 is 0 Å². The second kappa shape index (κ2) is 4.14. The van der Waals surface area contributed by atoms with Gasteiger partial charge in [0.2, 0.25) is 0 Å². The molecule has 0 atom stereocenters. The molecule has 0 saturated carbocycles. The molecular formula is C9H7N3O2S. The summed E-state index contributed by atoms with van der Waals surface area (Å²) in [6, 6.07) is 7.75.